The monoisotopic (exact) mass is 135 g/mol. The maximum Gasteiger partial charge on any atom is 0.0615 e. The van der Waals surface area contributed by atoms with Crippen molar-refractivity contribution in [1.82, 2.24) is 5.32 Å². The molecule has 0 unspecified atom stereocenters. The molecule has 0 aliphatic carbocycles. The third-order valence-corrected chi connectivity index (χ3v) is 1.31. The van der Waals surface area contributed by atoms with Crippen molar-refractivity contribution in [1.29, 1.82) is 0 Å². The standard InChI is InChI=1S/C4H9NS2/c1-7-3-2-5-4-6/h4H,2-3H2,1H3,(H,5,6). The fourth-order valence-electron chi connectivity index (χ4n) is 0.220. The molecule has 0 saturated heterocycles. The van der Waals surface area contributed by atoms with E-state index in [1.54, 1.807) is 5.49 Å². The molecule has 3 heteroatoms. The number of hydrogen-bond acceptors (Lipinski definition) is 2. The van der Waals surface area contributed by atoms with Crippen molar-refractivity contribution >= 4 is 29.5 Å². The minimum atomic E-state index is 0.991. The molecule has 0 atom stereocenters. The third kappa shape index (κ3) is 6.24. The van der Waals surface area contributed by atoms with E-state index in [0.717, 1.165) is 12.3 Å². The van der Waals surface area contributed by atoms with Crippen LogP contribution in [-0.4, -0.2) is 24.0 Å². The Kier molecular flexibility index (Phi) is 6.45. The van der Waals surface area contributed by atoms with Crippen molar-refractivity contribution in [3.8, 4) is 0 Å². The van der Waals surface area contributed by atoms with Gasteiger partial charge in [-0.3, -0.25) is 0 Å². The van der Waals surface area contributed by atoms with Gasteiger partial charge in [0.1, 0.15) is 0 Å². The number of nitrogens with one attached hydrogen (secondary N) is 1. The van der Waals surface area contributed by atoms with Crippen LogP contribution in [0.2, 0.25) is 0 Å². The lowest BCUT2D eigenvalue weighted by atomic mass is 10.8. The van der Waals surface area contributed by atoms with Crippen molar-refractivity contribution in [2.45, 2.75) is 0 Å². The Balaban J connectivity index is 2.56. The highest BCUT2D eigenvalue weighted by molar-refractivity contribution is 7.98. The zero-order valence-electron chi connectivity index (χ0n) is 4.31. The van der Waals surface area contributed by atoms with Crippen molar-refractivity contribution < 1.29 is 0 Å². The van der Waals surface area contributed by atoms with Gasteiger partial charge in [-0.25, -0.2) is 0 Å². The summed E-state index contributed by atoms with van der Waals surface area (Å²) in [7, 11) is 0. The van der Waals surface area contributed by atoms with Crippen LogP contribution in [0.15, 0.2) is 0 Å². The first-order chi connectivity index (χ1) is 3.41. The lowest BCUT2D eigenvalue weighted by Crippen LogP contribution is -2.12. The van der Waals surface area contributed by atoms with Crippen LogP contribution < -0.4 is 5.32 Å². The predicted octanol–water partition coefficient (Wildman–Crippen LogP) is 0.896. The number of thiocarbonyl (C=S) groups is 1. The summed E-state index contributed by atoms with van der Waals surface area (Å²) in [6, 6.07) is 0. The first-order valence-electron chi connectivity index (χ1n) is 2.07. The summed E-state index contributed by atoms with van der Waals surface area (Å²) in [5.74, 6) is 1.13. The van der Waals surface area contributed by atoms with Crippen LogP contribution in [0, 0.1) is 0 Å². The van der Waals surface area contributed by atoms with Gasteiger partial charge in [0.15, 0.2) is 0 Å². The molecule has 0 aliphatic rings. The molecule has 1 nitrogen and oxygen atoms in total. The van der Waals surface area contributed by atoms with Crippen LogP contribution in [0.1, 0.15) is 0 Å². The van der Waals surface area contributed by atoms with E-state index in [4.69, 9.17) is 0 Å². The summed E-state index contributed by atoms with van der Waals surface area (Å²) in [4.78, 5) is 0. The molecule has 0 rings (SSSR count). The summed E-state index contributed by atoms with van der Waals surface area (Å²) >= 11 is 6.33. The Morgan fingerprint density at radius 2 is 2.57 bits per heavy atom. The number of hydrogen-bond donors (Lipinski definition) is 1. The predicted molar refractivity (Wildman–Crippen MR) is 40.0 cm³/mol. The van der Waals surface area contributed by atoms with E-state index in [0.29, 0.717) is 0 Å². The SMILES string of the molecule is CSCCNC=S. The molecule has 0 amide bonds. The Hall–Kier alpha value is 0.240. The Labute approximate surface area is 53.9 Å². The maximum absolute atomic E-state index is 4.52. The first-order valence-corrected chi connectivity index (χ1v) is 3.94. The third-order valence-electron chi connectivity index (χ3n) is 0.534. The quantitative estimate of drug-likeness (QED) is 0.454. The molecule has 42 valence electrons. The Bertz CT molecular complexity index is 47.0. The molecule has 0 heterocycles. The second kappa shape index (κ2) is 6.24. The molecule has 7 heavy (non-hydrogen) atoms. The van der Waals surface area contributed by atoms with Crippen LogP contribution in [0.25, 0.3) is 0 Å². The zero-order chi connectivity index (χ0) is 5.54. The number of thioether (sulfide) groups is 1. The summed E-state index contributed by atoms with van der Waals surface area (Å²) in [5, 5.41) is 2.92. The lowest BCUT2D eigenvalue weighted by molar-refractivity contribution is 1.01. The van der Waals surface area contributed by atoms with Gasteiger partial charge in [-0.15, -0.1) is 0 Å². The summed E-state index contributed by atoms with van der Waals surface area (Å²) < 4.78 is 0. The van der Waals surface area contributed by atoms with E-state index >= 15 is 0 Å². The molecule has 0 aromatic carbocycles. The highest BCUT2D eigenvalue weighted by atomic mass is 32.2. The largest absolute Gasteiger partial charge is 0.381 e. The van der Waals surface area contributed by atoms with Crippen LogP contribution >= 0.6 is 24.0 Å². The van der Waals surface area contributed by atoms with Gasteiger partial charge in [0.05, 0.1) is 5.49 Å². The van der Waals surface area contributed by atoms with E-state index in [2.05, 4.69) is 23.8 Å². The highest BCUT2D eigenvalue weighted by Crippen LogP contribution is 1.85. The van der Waals surface area contributed by atoms with Crippen molar-refractivity contribution in [2.75, 3.05) is 18.6 Å². The van der Waals surface area contributed by atoms with Gasteiger partial charge in [-0.05, 0) is 6.26 Å². The smallest absolute Gasteiger partial charge is 0.0615 e. The first kappa shape index (κ1) is 7.24. The van der Waals surface area contributed by atoms with Crippen LogP contribution in [0.4, 0.5) is 0 Å². The van der Waals surface area contributed by atoms with Gasteiger partial charge in [-0.2, -0.15) is 11.8 Å². The molecule has 0 aromatic heterocycles. The van der Waals surface area contributed by atoms with Crippen molar-refractivity contribution in [2.24, 2.45) is 0 Å². The Morgan fingerprint density at radius 1 is 1.86 bits per heavy atom. The zero-order valence-corrected chi connectivity index (χ0v) is 5.94. The van der Waals surface area contributed by atoms with E-state index in [-0.39, 0.29) is 0 Å². The lowest BCUT2D eigenvalue weighted by Gasteiger charge is -1.92. The fourth-order valence-corrected chi connectivity index (χ4v) is 0.660. The van der Waals surface area contributed by atoms with Crippen LogP contribution in [0.3, 0.4) is 0 Å². The Morgan fingerprint density at radius 3 is 3.00 bits per heavy atom. The molecular formula is C4H9NS2. The minimum absolute atomic E-state index is 0.991. The molecule has 0 radical (unpaired) electrons. The molecular weight excluding hydrogens is 126 g/mol. The van der Waals surface area contributed by atoms with Crippen LogP contribution in [-0.2, 0) is 0 Å². The van der Waals surface area contributed by atoms with E-state index < -0.39 is 0 Å². The molecule has 0 spiro atoms. The van der Waals surface area contributed by atoms with Gasteiger partial charge < -0.3 is 5.32 Å². The molecule has 0 saturated carbocycles. The highest BCUT2D eigenvalue weighted by Gasteiger charge is 1.75. The maximum atomic E-state index is 4.52. The van der Waals surface area contributed by atoms with Crippen molar-refractivity contribution in [3.05, 3.63) is 0 Å². The average molecular weight is 135 g/mol. The second-order valence-corrected chi connectivity index (χ2v) is 2.29. The fraction of sp³-hybridized carbons (Fsp3) is 0.750. The number of rotatable bonds is 4. The van der Waals surface area contributed by atoms with Gasteiger partial charge in [0.25, 0.3) is 0 Å². The van der Waals surface area contributed by atoms with E-state index in [1.807, 2.05) is 11.8 Å². The molecule has 1 N–H and O–H groups in total. The minimum Gasteiger partial charge on any atom is -0.381 e. The molecule has 0 aromatic rings. The van der Waals surface area contributed by atoms with E-state index in [9.17, 15) is 0 Å². The average Bonchev–Trinajstić information content (AvgIpc) is 1.69. The summed E-state index contributed by atoms with van der Waals surface area (Å²) in [5.41, 5.74) is 1.55. The molecule has 0 aliphatic heterocycles. The molecule has 0 bridgehead atoms. The van der Waals surface area contributed by atoms with E-state index in [1.165, 1.54) is 0 Å². The van der Waals surface area contributed by atoms with Gasteiger partial charge >= 0.3 is 0 Å². The second-order valence-electron chi connectivity index (χ2n) is 1.06. The summed E-state index contributed by atoms with van der Waals surface area (Å²) in [6.45, 7) is 0.991. The van der Waals surface area contributed by atoms with Crippen LogP contribution in [0.5, 0.6) is 0 Å². The van der Waals surface area contributed by atoms with Gasteiger partial charge in [0, 0.05) is 12.3 Å². The van der Waals surface area contributed by atoms with Gasteiger partial charge in [0.2, 0.25) is 0 Å². The molecule has 0 fully saturated rings. The van der Waals surface area contributed by atoms with Gasteiger partial charge in [-0.1, -0.05) is 12.2 Å². The topological polar surface area (TPSA) is 12.0 Å². The summed E-state index contributed by atoms with van der Waals surface area (Å²) in [6.07, 6.45) is 2.07. The normalized spacial score (nSPS) is 8.14. The van der Waals surface area contributed by atoms with Crippen molar-refractivity contribution in [3.63, 3.8) is 0 Å².